The van der Waals surface area contributed by atoms with Crippen LogP contribution in [0.3, 0.4) is 0 Å². The third kappa shape index (κ3) is 3.55. The van der Waals surface area contributed by atoms with Gasteiger partial charge in [0.1, 0.15) is 11.4 Å². The second-order valence-electron chi connectivity index (χ2n) is 7.52. The highest BCUT2D eigenvalue weighted by atomic mass is 32.2. The normalized spacial score (nSPS) is 15.2. The van der Waals surface area contributed by atoms with Crippen molar-refractivity contribution >= 4 is 33.3 Å². The molecule has 0 fully saturated rings. The molecule has 7 nitrogen and oxygen atoms in total. The number of nitrogens with one attached hydrogen (secondary N) is 1. The number of ketones is 1. The predicted molar refractivity (Wildman–Crippen MR) is 104 cm³/mol. The molecule has 2 aromatic rings. The Hall–Kier alpha value is -3.00. The fraction of sp³-hybridized carbons (Fsp3) is 0.250. The minimum absolute atomic E-state index is 0.0653. The van der Waals surface area contributed by atoms with Gasteiger partial charge in [0.05, 0.1) is 5.56 Å². The van der Waals surface area contributed by atoms with E-state index in [1.54, 1.807) is 39.0 Å². The molecule has 0 aliphatic carbocycles. The average molecular weight is 400 g/mol. The van der Waals surface area contributed by atoms with Crippen LogP contribution in [-0.2, 0) is 14.8 Å². The summed E-state index contributed by atoms with van der Waals surface area (Å²) in [5.74, 6) is -1.39. The van der Waals surface area contributed by atoms with Gasteiger partial charge in [-0.2, -0.15) is 0 Å². The molecule has 3 rings (SSSR count). The summed E-state index contributed by atoms with van der Waals surface area (Å²) in [5, 5.41) is 2.74. The van der Waals surface area contributed by atoms with E-state index in [0.717, 1.165) is 0 Å². The Morgan fingerprint density at radius 3 is 2.18 bits per heavy atom. The number of nitrogens with zero attached hydrogens (tertiary/aromatic N) is 1. The van der Waals surface area contributed by atoms with Crippen LogP contribution in [0.4, 0.5) is 5.69 Å². The van der Waals surface area contributed by atoms with Crippen LogP contribution in [-0.4, -0.2) is 36.9 Å². The van der Waals surface area contributed by atoms with Crippen molar-refractivity contribution in [3.63, 3.8) is 0 Å². The molecule has 0 aromatic heterocycles. The van der Waals surface area contributed by atoms with Crippen molar-refractivity contribution in [1.82, 2.24) is 4.31 Å². The molecule has 0 unspecified atom stereocenters. The Morgan fingerprint density at radius 2 is 1.61 bits per heavy atom. The second-order valence-corrected chi connectivity index (χ2v) is 9.35. The Balaban J connectivity index is 1.76. The molecule has 1 heterocycles. The molecule has 1 aliphatic heterocycles. The number of amides is 2. The molecule has 2 aromatic carbocycles. The molecule has 2 amide bonds. The minimum Gasteiger partial charge on any atom is -0.326 e. The highest BCUT2D eigenvalue weighted by molar-refractivity contribution is 7.90. The number of rotatable bonds is 4. The zero-order chi connectivity index (χ0) is 20.7. The van der Waals surface area contributed by atoms with E-state index in [1.165, 1.54) is 30.3 Å². The van der Waals surface area contributed by atoms with Crippen molar-refractivity contribution in [3.05, 3.63) is 59.7 Å². The highest BCUT2D eigenvalue weighted by Gasteiger charge is 2.41. The average Bonchev–Trinajstić information content (AvgIpc) is 2.82. The van der Waals surface area contributed by atoms with E-state index >= 15 is 0 Å². The fourth-order valence-corrected chi connectivity index (χ4v) is 4.19. The zero-order valence-electron chi connectivity index (χ0n) is 15.7. The number of hydrogen-bond donors (Lipinski definition) is 1. The monoisotopic (exact) mass is 400 g/mol. The SMILES string of the molecule is CC(C)(C)C(=O)Nc1ccc(C(=O)CN2C(=O)c3ccccc3S2(=O)=O)cc1. The Kier molecular flexibility index (Phi) is 4.84. The molecule has 0 saturated heterocycles. The van der Waals surface area contributed by atoms with Gasteiger partial charge in [-0.05, 0) is 36.4 Å². The third-order valence-corrected chi connectivity index (χ3v) is 6.13. The molecule has 8 heteroatoms. The summed E-state index contributed by atoms with van der Waals surface area (Å²) in [4.78, 5) is 36.8. The van der Waals surface area contributed by atoms with Gasteiger partial charge < -0.3 is 5.32 Å². The molecule has 0 saturated carbocycles. The summed E-state index contributed by atoms with van der Waals surface area (Å²) >= 11 is 0. The standard InChI is InChI=1S/C20H20N2O5S/c1-20(2,3)19(25)21-14-10-8-13(9-11-14)16(23)12-22-18(24)15-6-4-5-7-17(15)28(22,26)27/h4-11H,12H2,1-3H3,(H,21,25). The van der Waals surface area contributed by atoms with E-state index in [2.05, 4.69) is 5.32 Å². The summed E-state index contributed by atoms with van der Waals surface area (Å²) < 4.78 is 25.7. The first kappa shape index (κ1) is 19.8. The van der Waals surface area contributed by atoms with Crippen LogP contribution in [0.1, 0.15) is 41.5 Å². The van der Waals surface area contributed by atoms with Gasteiger partial charge in [-0.25, -0.2) is 12.7 Å². The van der Waals surface area contributed by atoms with Gasteiger partial charge in [0.25, 0.3) is 15.9 Å². The molecule has 146 valence electrons. The van der Waals surface area contributed by atoms with Crippen molar-refractivity contribution in [2.75, 3.05) is 11.9 Å². The van der Waals surface area contributed by atoms with Crippen LogP contribution in [0.25, 0.3) is 0 Å². The lowest BCUT2D eigenvalue weighted by Crippen LogP contribution is -2.35. The zero-order valence-corrected chi connectivity index (χ0v) is 16.5. The first-order valence-electron chi connectivity index (χ1n) is 8.62. The maximum atomic E-state index is 12.5. The lowest BCUT2D eigenvalue weighted by molar-refractivity contribution is -0.123. The molecule has 28 heavy (non-hydrogen) atoms. The molecule has 1 N–H and O–H groups in total. The van der Waals surface area contributed by atoms with E-state index in [-0.39, 0.29) is 21.9 Å². The Bertz CT molecular complexity index is 1070. The van der Waals surface area contributed by atoms with Gasteiger partial charge in [-0.3, -0.25) is 14.4 Å². The topological polar surface area (TPSA) is 101 Å². The number of anilines is 1. The van der Waals surface area contributed by atoms with Gasteiger partial charge in [0.2, 0.25) is 5.91 Å². The number of Topliss-reactive ketones (excluding diaryl/α,β-unsaturated/α-hetero) is 1. The van der Waals surface area contributed by atoms with E-state index in [0.29, 0.717) is 9.99 Å². The van der Waals surface area contributed by atoms with Crippen LogP contribution >= 0.6 is 0 Å². The quantitative estimate of drug-likeness (QED) is 0.796. The van der Waals surface area contributed by atoms with Crippen molar-refractivity contribution in [2.45, 2.75) is 25.7 Å². The van der Waals surface area contributed by atoms with Gasteiger partial charge in [-0.15, -0.1) is 0 Å². The number of fused-ring (bicyclic) bond motifs is 1. The lowest BCUT2D eigenvalue weighted by Gasteiger charge is -2.18. The van der Waals surface area contributed by atoms with Gasteiger partial charge >= 0.3 is 0 Å². The van der Waals surface area contributed by atoms with Gasteiger partial charge in [-0.1, -0.05) is 32.9 Å². The van der Waals surface area contributed by atoms with Crippen molar-refractivity contribution in [1.29, 1.82) is 0 Å². The van der Waals surface area contributed by atoms with E-state index in [9.17, 15) is 22.8 Å². The number of sulfonamides is 1. The molecule has 0 atom stereocenters. The number of carbonyl (C=O) groups excluding carboxylic acids is 3. The van der Waals surface area contributed by atoms with Crippen LogP contribution in [0, 0.1) is 5.41 Å². The van der Waals surface area contributed by atoms with Crippen molar-refractivity contribution in [3.8, 4) is 0 Å². The Morgan fingerprint density at radius 1 is 1.00 bits per heavy atom. The third-order valence-electron chi connectivity index (χ3n) is 4.35. The van der Waals surface area contributed by atoms with Gasteiger partial charge in [0, 0.05) is 16.7 Å². The summed E-state index contributed by atoms with van der Waals surface area (Å²) in [6.07, 6.45) is 0. The summed E-state index contributed by atoms with van der Waals surface area (Å²) in [5.41, 5.74) is 0.269. The minimum atomic E-state index is -4.03. The van der Waals surface area contributed by atoms with E-state index in [1.807, 2.05) is 0 Å². The molecular weight excluding hydrogens is 380 g/mol. The van der Waals surface area contributed by atoms with Crippen molar-refractivity contribution < 1.29 is 22.8 Å². The van der Waals surface area contributed by atoms with Crippen LogP contribution in [0.2, 0.25) is 0 Å². The number of benzene rings is 2. The highest BCUT2D eigenvalue weighted by Crippen LogP contribution is 2.30. The first-order valence-corrected chi connectivity index (χ1v) is 10.1. The Labute approximate surface area is 163 Å². The van der Waals surface area contributed by atoms with E-state index < -0.39 is 33.7 Å². The first-order chi connectivity index (χ1) is 13.0. The lowest BCUT2D eigenvalue weighted by atomic mass is 9.95. The smallest absolute Gasteiger partial charge is 0.269 e. The molecule has 0 bridgehead atoms. The summed E-state index contributed by atoms with van der Waals surface area (Å²) in [7, 11) is -4.03. The maximum Gasteiger partial charge on any atom is 0.269 e. The molecule has 1 aliphatic rings. The van der Waals surface area contributed by atoms with Gasteiger partial charge in [0.15, 0.2) is 5.78 Å². The summed E-state index contributed by atoms with van der Waals surface area (Å²) in [6, 6.07) is 12.0. The van der Waals surface area contributed by atoms with Crippen molar-refractivity contribution in [2.24, 2.45) is 5.41 Å². The molecule has 0 spiro atoms. The number of hydrogen-bond acceptors (Lipinski definition) is 5. The molecular formula is C20H20N2O5S. The van der Waals surface area contributed by atoms with Crippen LogP contribution in [0.15, 0.2) is 53.4 Å². The maximum absolute atomic E-state index is 12.5. The predicted octanol–water partition coefficient (Wildman–Crippen LogP) is 2.70. The summed E-state index contributed by atoms with van der Waals surface area (Å²) in [6.45, 7) is 4.77. The van der Waals surface area contributed by atoms with E-state index in [4.69, 9.17) is 0 Å². The number of carbonyl (C=O) groups is 3. The second kappa shape index (κ2) is 6.87. The van der Waals surface area contributed by atoms with Crippen LogP contribution in [0.5, 0.6) is 0 Å². The largest absolute Gasteiger partial charge is 0.326 e. The fourth-order valence-electron chi connectivity index (χ4n) is 2.67. The van der Waals surface area contributed by atoms with Crippen LogP contribution < -0.4 is 5.32 Å². The molecule has 0 radical (unpaired) electrons.